The van der Waals surface area contributed by atoms with Crippen LogP contribution in [0, 0.1) is 23.4 Å². The molecule has 2 aliphatic rings. The molecule has 188 valence electrons. The molecule has 2 fully saturated rings. The summed E-state index contributed by atoms with van der Waals surface area (Å²) < 4.78 is 54.7. The van der Waals surface area contributed by atoms with Crippen molar-refractivity contribution >= 4 is 5.97 Å². The normalized spacial score (nSPS) is 24.6. The molecule has 2 saturated carbocycles. The number of ether oxygens (including phenoxy) is 2. The molecule has 7 heteroatoms. The minimum atomic E-state index is -0.805. The first-order chi connectivity index (χ1) is 16.9. The Morgan fingerprint density at radius 3 is 2.03 bits per heavy atom. The lowest BCUT2D eigenvalue weighted by atomic mass is 9.77. The predicted molar refractivity (Wildman–Crippen MR) is 126 cm³/mol. The van der Waals surface area contributed by atoms with Crippen molar-refractivity contribution in [2.75, 3.05) is 6.61 Å². The molecule has 0 saturated heterocycles. The highest BCUT2D eigenvalue weighted by Gasteiger charge is 2.32. The van der Waals surface area contributed by atoms with Gasteiger partial charge in [-0.3, -0.25) is 4.79 Å². The quantitative estimate of drug-likeness (QED) is 0.272. The van der Waals surface area contributed by atoms with Crippen molar-refractivity contribution in [2.45, 2.75) is 69.3 Å². The van der Waals surface area contributed by atoms with E-state index in [1.54, 1.807) is 18.2 Å². The molecule has 0 aliphatic heterocycles. The summed E-state index contributed by atoms with van der Waals surface area (Å²) in [4.78, 5) is 12.6. The highest BCUT2D eigenvalue weighted by molar-refractivity contribution is 5.75. The van der Waals surface area contributed by atoms with Gasteiger partial charge in [0.15, 0.2) is 23.2 Å². The van der Waals surface area contributed by atoms with Crippen molar-refractivity contribution < 1.29 is 32.5 Å². The molecule has 0 heterocycles. The largest absolute Gasteiger partial charge is 0.489 e. The smallest absolute Gasteiger partial charge is 0.314 e. The van der Waals surface area contributed by atoms with Crippen LogP contribution in [0.5, 0.6) is 11.5 Å². The van der Waals surface area contributed by atoms with Crippen LogP contribution in [-0.4, -0.2) is 23.8 Å². The number of benzene rings is 2. The summed E-state index contributed by atoms with van der Waals surface area (Å²) in [6.07, 6.45) is 5.63. The third-order valence-electron chi connectivity index (χ3n) is 7.26. The van der Waals surface area contributed by atoms with Crippen LogP contribution in [0.1, 0.15) is 74.3 Å². The van der Waals surface area contributed by atoms with E-state index in [9.17, 15) is 18.7 Å². The van der Waals surface area contributed by atoms with E-state index in [1.165, 1.54) is 12.1 Å². The Balaban J connectivity index is 1.35. The van der Waals surface area contributed by atoms with Crippen molar-refractivity contribution in [3.05, 3.63) is 71.6 Å². The van der Waals surface area contributed by atoms with Gasteiger partial charge in [-0.25, -0.2) is 13.2 Å². The number of esters is 1. The van der Waals surface area contributed by atoms with Gasteiger partial charge in [0.2, 0.25) is 0 Å². The molecular weight excluding hydrogens is 457 g/mol. The van der Waals surface area contributed by atoms with Crippen LogP contribution in [0.25, 0.3) is 0 Å². The average molecular weight is 489 g/mol. The second-order valence-corrected chi connectivity index (χ2v) is 9.54. The van der Waals surface area contributed by atoms with E-state index >= 15 is 4.39 Å². The number of hydrogen-bond acceptors (Lipinski definition) is 4. The number of carbonyl (C=O) groups is 1. The van der Waals surface area contributed by atoms with Crippen molar-refractivity contribution in [3.63, 3.8) is 0 Å². The Bertz CT molecular complexity index is 1050. The first-order valence-electron chi connectivity index (χ1n) is 12.3. The number of rotatable bonds is 7. The summed E-state index contributed by atoms with van der Waals surface area (Å²) in [5, 5.41) is 9.68. The minimum Gasteiger partial charge on any atom is -0.489 e. The lowest BCUT2D eigenvalue weighted by Gasteiger charge is -2.29. The number of hydrogen-bond donors (Lipinski definition) is 1. The standard InChI is InChI=1S/C28H31F3O4/c1-2-15-34-21-11-14-25(24(29)16-21)35-28(33)19-5-3-17(4-6-19)22-12-13-23(27(31)26(22)30)18-7-9-20(32)10-8-18/h2,11-14,16-20,32H,1,3-10,15H2. The van der Waals surface area contributed by atoms with Crippen molar-refractivity contribution in [3.8, 4) is 11.5 Å². The predicted octanol–water partition coefficient (Wildman–Crippen LogP) is 6.57. The van der Waals surface area contributed by atoms with Gasteiger partial charge >= 0.3 is 5.97 Å². The maximum atomic E-state index is 15.0. The second-order valence-electron chi connectivity index (χ2n) is 9.54. The summed E-state index contributed by atoms with van der Waals surface area (Å²) in [6.45, 7) is 3.77. The van der Waals surface area contributed by atoms with Gasteiger partial charge in [-0.05, 0) is 86.5 Å². The van der Waals surface area contributed by atoms with Crippen molar-refractivity contribution in [1.29, 1.82) is 0 Å². The summed E-state index contributed by atoms with van der Waals surface area (Å²) in [5.41, 5.74) is 0.730. The fraction of sp³-hybridized carbons (Fsp3) is 0.464. The van der Waals surface area contributed by atoms with Crippen LogP contribution >= 0.6 is 0 Å². The maximum absolute atomic E-state index is 15.0. The van der Waals surface area contributed by atoms with Gasteiger partial charge in [0, 0.05) is 6.07 Å². The Kier molecular flexibility index (Phi) is 8.16. The van der Waals surface area contributed by atoms with E-state index < -0.39 is 29.3 Å². The molecule has 0 atom stereocenters. The van der Waals surface area contributed by atoms with Gasteiger partial charge < -0.3 is 14.6 Å². The van der Waals surface area contributed by atoms with E-state index in [4.69, 9.17) is 9.47 Å². The molecule has 4 rings (SSSR count). The van der Waals surface area contributed by atoms with E-state index in [0.29, 0.717) is 68.2 Å². The Morgan fingerprint density at radius 1 is 0.914 bits per heavy atom. The van der Waals surface area contributed by atoms with Gasteiger partial charge in [-0.2, -0.15) is 0 Å². The summed E-state index contributed by atoms with van der Waals surface area (Å²) in [6, 6.07) is 7.38. The topological polar surface area (TPSA) is 55.8 Å². The van der Waals surface area contributed by atoms with E-state index in [2.05, 4.69) is 6.58 Å². The van der Waals surface area contributed by atoms with Gasteiger partial charge in [0.05, 0.1) is 12.0 Å². The lowest BCUT2D eigenvalue weighted by molar-refractivity contribution is -0.140. The zero-order valence-electron chi connectivity index (χ0n) is 19.7. The molecule has 0 amide bonds. The fourth-order valence-corrected chi connectivity index (χ4v) is 5.24. The molecular formula is C28H31F3O4. The van der Waals surface area contributed by atoms with Gasteiger partial charge in [-0.1, -0.05) is 24.8 Å². The molecule has 35 heavy (non-hydrogen) atoms. The number of aliphatic hydroxyl groups is 1. The maximum Gasteiger partial charge on any atom is 0.314 e. The van der Waals surface area contributed by atoms with Crippen LogP contribution in [0.15, 0.2) is 43.0 Å². The summed E-state index contributed by atoms with van der Waals surface area (Å²) >= 11 is 0. The minimum absolute atomic E-state index is 0.0736. The molecule has 2 aromatic rings. The molecule has 0 aromatic heterocycles. The lowest BCUT2D eigenvalue weighted by Crippen LogP contribution is -2.26. The Hall–Kier alpha value is -2.80. The number of halogens is 3. The van der Waals surface area contributed by atoms with Crippen LogP contribution in [0.3, 0.4) is 0 Å². The van der Waals surface area contributed by atoms with E-state index in [1.807, 2.05) is 0 Å². The van der Waals surface area contributed by atoms with E-state index in [0.717, 1.165) is 6.07 Å². The first kappa shape index (κ1) is 25.3. The average Bonchev–Trinajstić information content (AvgIpc) is 2.86. The number of aliphatic hydroxyl groups excluding tert-OH is 1. The molecule has 4 nitrogen and oxygen atoms in total. The summed E-state index contributed by atoms with van der Waals surface area (Å²) in [7, 11) is 0. The van der Waals surface area contributed by atoms with Crippen LogP contribution < -0.4 is 9.47 Å². The molecule has 0 bridgehead atoms. The van der Waals surface area contributed by atoms with Crippen LogP contribution in [0.2, 0.25) is 0 Å². The Labute approximate surface area is 203 Å². The Morgan fingerprint density at radius 2 is 1.49 bits per heavy atom. The molecule has 2 aromatic carbocycles. The fourth-order valence-electron chi connectivity index (χ4n) is 5.24. The van der Waals surface area contributed by atoms with Crippen LogP contribution in [-0.2, 0) is 4.79 Å². The zero-order chi connectivity index (χ0) is 24.9. The molecule has 2 aliphatic carbocycles. The summed E-state index contributed by atoms with van der Waals surface area (Å²) in [5.74, 6) is -3.36. The van der Waals surface area contributed by atoms with Crippen molar-refractivity contribution in [1.82, 2.24) is 0 Å². The highest BCUT2D eigenvalue weighted by atomic mass is 19.2. The van der Waals surface area contributed by atoms with Crippen LogP contribution in [0.4, 0.5) is 13.2 Å². The molecule has 0 spiro atoms. The SMILES string of the molecule is C=CCOc1ccc(OC(=O)C2CCC(c3ccc(C4CCC(O)CC4)c(F)c3F)CC2)c(F)c1. The molecule has 0 radical (unpaired) electrons. The van der Waals surface area contributed by atoms with Gasteiger partial charge in [0.25, 0.3) is 0 Å². The van der Waals surface area contributed by atoms with E-state index in [-0.39, 0.29) is 30.3 Å². The zero-order valence-corrected chi connectivity index (χ0v) is 19.7. The molecule has 1 N–H and O–H groups in total. The van der Waals surface area contributed by atoms with Gasteiger partial charge in [0.1, 0.15) is 12.4 Å². The number of carbonyl (C=O) groups excluding carboxylic acids is 1. The second kappa shape index (κ2) is 11.3. The highest BCUT2D eigenvalue weighted by Crippen LogP contribution is 2.41. The third kappa shape index (κ3) is 5.89. The molecule has 0 unspecified atom stereocenters. The first-order valence-corrected chi connectivity index (χ1v) is 12.3. The monoisotopic (exact) mass is 488 g/mol. The van der Waals surface area contributed by atoms with Gasteiger partial charge in [-0.15, -0.1) is 0 Å². The van der Waals surface area contributed by atoms with Crippen molar-refractivity contribution in [2.24, 2.45) is 5.92 Å². The third-order valence-corrected chi connectivity index (χ3v) is 7.26.